The van der Waals surface area contributed by atoms with Crippen molar-refractivity contribution < 1.29 is 13.6 Å². The smallest absolute Gasteiger partial charge is 0.175 e. The SMILES string of the molecule is CCC1(C(=O)c2c(F)ccc(C)c2F)CCNCC1. The molecule has 4 heteroatoms. The van der Waals surface area contributed by atoms with E-state index in [1.165, 1.54) is 12.1 Å². The first-order valence-corrected chi connectivity index (χ1v) is 6.72. The molecule has 0 spiro atoms. The minimum Gasteiger partial charge on any atom is -0.317 e. The van der Waals surface area contributed by atoms with Crippen LogP contribution in [0.15, 0.2) is 12.1 Å². The minimum atomic E-state index is -0.751. The standard InChI is InChI=1S/C15H19F2NO/c1-3-15(6-8-18-9-7-15)14(19)12-11(16)5-4-10(2)13(12)17/h4-5,18H,3,6-9H2,1-2H3. The molecule has 0 amide bonds. The fourth-order valence-electron chi connectivity index (χ4n) is 2.78. The number of carbonyl (C=O) groups excluding carboxylic acids is 1. The molecule has 0 atom stereocenters. The Labute approximate surface area is 112 Å². The Balaban J connectivity index is 2.46. The largest absolute Gasteiger partial charge is 0.317 e. The molecule has 1 N–H and O–H groups in total. The maximum atomic E-state index is 14.1. The van der Waals surface area contributed by atoms with E-state index < -0.39 is 17.0 Å². The van der Waals surface area contributed by atoms with E-state index in [1.807, 2.05) is 6.92 Å². The first-order chi connectivity index (χ1) is 9.02. The Bertz CT molecular complexity index is 493. The van der Waals surface area contributed by atoms with E-state index in [9.17, 15) is 13.6 Å². The number of hydrogen-bond donors (Lipinski definition) is 1. The molecule has 0 unspecified atom stereocenters. The van der Waals surface area contributed by atoms with Gasteiger partial charge in [-0.25, -0.2) is 8.78 Å². The molecule has 0 saturated carbocycles. The minimum absolute atomic E-state index is 0.310. The second-order valence-corrected chi connectivity index (χ2v) is 5.27. The van der Waals surface area contributed by atoms with Crippen molar-refractivity contribution in [3.05, 3.63) is 34.9 Å². The van der Waals surface area contributed by atoms with Gasteiger partial charge in [0.2, 0.25) is 0 Å². The van der Waals surface area contributed by atoms with E-state index in [0.717, 1.165) is 0 Å². The molecule has 1 aliphatic rings. The van der Waals surface area contributed by atoms with E-state index in [1.54, 1.807) is 6.92 Å². The number of Topliss-reactive ketones (excluding diaryl/α,β-unsaturated/α-hetero) is 1. The Morgan fingerprint density at radius 1 is 1.32 bits per heavy atom. The molecule has 1 heterocycles. The van der Waals surface area contributed by atoms with Crippen molar-refractivity contribution in [1.29, 1.82) is 0 Å². The van der Waals surface area contributed by atoms with Crippen LogP contribution in [-0.4, -0.2) is 18.9 Å². The molecule has 1 aromatic rings. The zero-order valence-corrected chi connectivity index (χ0v) is 11.4. The lowest BCUT2D eigenvalue weighted by molar-refractivity contribution is 0.0707. The predicted octanol–water partition coefficient (Wildman–Crippen LogP) is 3.24. The van der Waals surface area contributed by atoms with Gasteiger partial charge in [-0.15, -0.1) is 0 Å². The maximum absolute atomic E-state index is 14.1. The van der Waals surface area contributed by atoms with Crippen LogP contribution in [0.2, 0.25) is 0 Å². The topological polar surface area (TPSA) is 29.1 Å². The van der Waals surface area contributed by atoms with E-state index >= 15 is 0 Å². The van der Waals surface area contributed by atoms with Gasteiger partial charge in [-0.05, 0) is 50.9 Å². The van der Waals surface area contributed by atoms with Crippen molar-refractivity contribution in [2.24, 2.45) is 5.41 Å². The summed E-state index contributed by atoms with van der Waals surface area (Å²) in [5.41, 5.74) is -0.672. The lowest BCUT2D eigenvalue weighted by Gasteiger charge is -2.35. The Morgan fingerprint density at radius 3 is 2.53 bits per heavy atom. The molecule has 2 rings (SSSR count). The van der Waals surface area contributed by atoms with Crippen LogP contribution in [-0.2, 0) is 0 Å². The fraction of sp³-hybridized carbons (Fsp3) is 0.533. The van der Waals surface area contributed by atoms with Crippen LogP contribution in [0.25, 0.3) is 0 Å². The molecule has 19 heavy (non-hydrogen) atoms. The number of carbonyl (C=O) groups is 1. The fourth-order valence-corrected chi connectivity index (χ4v) is 2.78. The van der Waals surface area contributed by atoms with Crippen LogP contribution in [0.5, 0.6) is 0 Å². The van der Waals surface area contributed by atoms with Gasteiger partial charge in [-0.3, -0.25) is 4.79 Å². The van der Waals surface area contributed by atoms with Crippen LogP contribution in [0.3, 0.4) is 0 Å². The first kappa shape index (κ1) is 14.1. The van der Waals surface area contributed by atoms with Gasteiger partial charge in [-0.1, -0.05) is 13.0 Å². The van der Waals surface area contributed by atoms with E-state index in [4.69, 9.17) is 0 Å². The third-order valence-corrected chi connectivity index (χ3v) is 4.23. The van der Waals surface area contributed by atoms with Crippen molar-refractivity contribution in [2.75, 3.05) is 13.1 Å². The molecular formula is C15H19F2NO. The van der Waals surface area contributed by atoms with Gasteiger partial charge in [0, 0.05) is 5.41 Å². The summed E-state index contributed by atoms with van der Waals surface area (Å²) >= 11 is 0. The number of ketones is 1. The highest BCUT2D eigenvalue weighted by molar-refractivity contribution is 6.01. The maximum Gasteiger partial charge on any atom is 0.175 e. The van der Waals surface area contributed by atoms with Gasteiger partial charge < -0.3 is 5.32 Å². The first-order valence-electron chi connectivity index (χ1n) is 6.72. The molecule has 0 aliphatic carbocycles. The predicted molar refractivity (Wildman–Crippen MR) is 70.3 cm³/mol. The summed E-state index contributed by atoms with van der Waals surface area (Å²) < 4.78 is 28.0. The summed E-state index contributed by atoms with van der Waals surface area (Å²) in [6, 6.07) is 2.54. The van der Waals surface area contributed by atoms with Gasteiger partial charge in [0.15, 0.2) is 5.78 Å². The Morgan fingerprint density at radius 2 is 1.95 bits per heavy atom. The van der Waals surface area contributed by atoms with Crippen molar-refractivity contribution in [2.45, 2.75) is 33.1 Å². The van der Waals surface area contributed by atoms with Crippen LogP contribution < -0.4 is 5.32 Å². The molecule has 104 valence electrons. The van der Waals surface area contributed by atoms with Gasteiger partial charge in [0.05, 0.1) is 5.56 Å². The summed E-state index contributed by atoms with van der Waals surface area (Å²) in [6.07, 6.45) is 1.88. The van der Waals surface area contributed by atoms with Gasteiger partial charge >= 0.3 is 0 Å². The number of aryl methyl sites for hydroxylation is 1. The van der Waals surface area contributed by atoms with Crippen LogP contribution in [0.1, 0.15) is 42.1 Å². The molecule has 0 aromatic heterocycles. The lowest BCUT2D eigenvalue weighted by atomic mass is 9.71. The number of halogens is 2. The van der Waals surface area contributed by atoms with Gasteiger partial charge in [0.1, 0.15) is 11.6 Å². The van der Waals surface area contributed by atoms with Crippen LogP contribution in [0, 0.1) is 24.0 Å². The molecule has 2 nitrogen and oxygen atoms in total. The van der Waals surface area contributed by atoms with Crippen molar-refractivity contribution in [3.8, 4) is 0 Å². The molecule has 1 saturated heterocycles. The number of piperidine rings is 1. The van der Waals surface area contributed by atoms with Crippen molar-refractivity contribution in [1.82, 2.24) is 5.32 Å². The van der Waals surface area contributed by atoms with Crippen LogP contribution >= 0.6 is 0 Å². The van der Waals surface area contributed by atoms with E-state index in [-0.39, 0.29) is 11.3 Å². The summed E-state index contributed by atoms with van der Waals surface area (Å²) in [4.78, 5) is 12.6. The molecule has 1 aliphatic heterocycles. The van der Waals surface area contributed by atoms with E-state index in [2.05, 4.69) is 5.32 Å². The molecule has 0 bridgehead atoms. The lowest BCUT2D eigenvalue weighted by Crippen LogP contribution is -2.42. The average molecular weight is 267 g/mol. The zero-order valence-electron chi connectivity index (χ0n) is 11.4. The number of rotatable bonds is 3. The number of hydrogen-bond acceptors (Lipinski definition) is 2. The zero-order chi connectivity index (χ0) is 14.0. The third-order valence-electron chi connectivity index (χ3n) is 4.23. The monoisotopic (exact) mass is 267 g/mol. The Kier molecular flexibility index (Phi) is 3.99. The third kappa shape index (κ3) is 2.41. The summed E-state index contributed by atoms with van der Waals surface area (Å²) in [5.74, 6) is -1.84. The molecule has 0 radical (unpaired) electrons. The Hall–Kier alpha value is -1.29. The number of benzene rings is 1. The van der Waals surface area contributed by atoms with Crippen LogP contribution in [0.4, 0.5) is 8.78 Å². The van der Waals surface area contributed by atoms with Crippen molar-refractivity contribution in [3.63, 3.8) is 0 Å². The van der Waals surface area contributed by atoms with E-state index in [0.29, 0.717) is 37.9 Å². The second kappa shape index (κ2) is 5.37. The van der Waals surface area contributed by atoms with Gasteiger partial charge in [0.25, 0.3) is 0 Å². The van der Waals surface area contributed by atoms with Gasteiger partial charge in [-0.2, -0.15) is 0 Å². The van der Waals surface area contributed by atoms with Crippen molar-refractivity contribution >= 4 is 5.78 Å². The highest BCUT2D eigenvalue weighted by atomic mass is 19.1. The molecule has 1 aromatic carbocycles. The second-order valence-electron chi connectivity index (χ2n) is 5.27. The summed E-state index contributed by atoms with van der Waals surface area (Å²) in [5, 5.41) is 3.18. The quantitative estimate of drug-likeness (QED) is 0.852. The number of nitrogens with one attached hydrogen (secondary N) is 1. The highest BCUT2D eigenvalue weighted by Gasteiger charge is 2.40. The molecular weight excluding hydrogens is 248 g/mol. The summed E-state index contributed by atoms with van der Waals surface area (Å²) in [7, 11) is 0. The normalized spacial score (nSPS) is 18.3. The summed E-state index contributed by atoms with van der Waals surface area (Å²) in [6.45, 7) is 4.89. The highest BCUT2D eigenvalue weighted by Crippen LogP contribution is 2.37. The average Bonchev–Trinajstić information content (AvgIpc) is 2.44. The molecule has 1 fully saturated rings.